The Balaban J connectivity index is 3.06. The van der Waals surface area contributed by atoms with Gasteiger partial charge in [0.2, 0.25) is 0 Å². The predicted octanol–water partition coefficient (Wildman–Crippen LogP) is 0.473. The standard InChI is InChI=1S/C4H3F3N4/c5-4(6,7)3-10-2(8)1-9-11-3/h1H,(H2,8,10,11). The second-order valence-electron chi connectivity index (χ2n) is 1.70. The third-order valence-corrected chi connectivity index (χ3v) is 0.831. The number of hydrogen-bond donors (Lipinski definition) is 1. The van der Waals surface area contributed by atoms with E-state index in [4.69, 9.17) is 5.73 Å². The fourth-order valence-electron chi connectivity index (χ4n) is 0.436. The molecule has 1 aromatic rings. The molecule has 60 valence electrons. The highest BCUT2D eigenvalue weighted by Gasteiger charge is 2.35. The summed E-state index contributed by atoms with van der Waals surface area (Å²) in [5.41, 5.74) is 4.94. The number of nitrogens with two attached hydrogens (primary N) is 1. The Bertz CT molecular complexity index is 258. The summed E-state index contributed by atoms with van der Waals surface area (Å²) in [6.45, 7) is 0. The molecule has 0 radical (unpaired) electrons. The van der Waals surface area contributed by atoms with Gasteiger partial charge in [0.25, 0.3) is 5.82 Å². The number of rotatable bonds is 0. The minimum atomic E-state index is -4.58. The van der Waals surface area contributed by atoms with Crippen LogP contribution in [0.1, 0.15) is 5.82 Å². The number of anilines is 1. The number of aromatic nitrogens is 3. The minimum Gasteiger partial charge on any atom is -0.382 e. The SMILES string of the molecule is Nc1cnnc(C(F)(F)F)n1. The highest BCUT2D eigenvalue weighted by Crippen LogP contribution is 2.25. The van der Waals surface area contributed by atoms with Gasteiger partial charge in [-0.25, -0.2) is 4.98 Å². The van der Waals surface area contributed by atoms with E-state index in [0.717, 1.165) is 6.20 Å². The van der Waals surface area contributed by atoms with E-state index in [0.29, 0.717) is 0 Å². The second-order valence-corrected chi connectivity index (χ2v) is 1.70. The first kappa shape index (κ1) is 7.70. The Morgan fingerprint density at radius 2 is 2.00 bits per heavy atom. The van der Waals surface area contributed by atoms with Gasteiger partial charge in [0.15, 0.2) is 0 Å². The lowest BCUT2D eigenvalue weighted by molar-refractivity contribution is -0.145. The third kappa shape index (κ3) is 1.76. The van der Waals surface area contributed by atoms with Crippen LogP contribution in [0.5, 0.6) is 0 Å². The molecule has 0 aliphatic carbocycles. The van der Waals surface area contributed by atoms with E-state index in [-0.39, 0.29) is 5.82 Å². The first-order chi connectivity index (χ1) is 5.00. The van der Waals surface area contributed by atoms with Gasteiger partial charge in [-0.1, -0.05) is 0 Å². The quantitative estimate of drug-likeness (QED) is 0.605. The largest absolute Gasteiger partial charge is 0.453 e. The van der Waals surface area contributed by atoms with Gasteiger partial charge in [0.05, 0.1) is 6.20 Å². The molecule has 0 atom stereocenters. The van der Waals surface area contributed by atoms with E-state index < -0.39 is 12.0 Å². The number of alkyl halides is 3. The molecule has 0 fully saturated rings. The molecule has 0 spiro atoms. The van der Waals surface area contributed by atoms with Crippen LogP contribution in [0.3, 0.4) is 0 Å². The molecule has 0 saturated heterocycles. The molecule has 1 heterocycles. The lowest BCUT2D eigenvalue weighted by atomic mass is 10.6. The molecule has 0 amide bonds. The lowest BCUT2D eigenvalue weighted by Crippen LogP contribution is -2.13. The van der Waals surface area contributed by atoms with Gasteiger partial charge >= 0.3 is 6.18 Å². The zero-order chi connectivity index (χ0) is 8.48. The molecular weight excluding hydrogens is 161 g/mol. The van der Waals surface area contributed by atoms with Gasteiger partial charge in [-0.2, -0.15) is 18.3 Å². The molecule has 4 nitrogen and oxygen atoms in total. The Kier molecular flexibility index (Phi) is 1.63. The number of halogens is 3. The molecule has 2 N–H and O–H groups in total. The van der Waals surface area contributed by atoms with Crippen molar-refractivity contribution in [3.8, 4) is 0 Å². The zero-order valence-electron chi connectivity index (χ0n) is 5.13. The molecule has 1 rings (SSSR count). The highest BCUT2D eigenvalue weighted by atomic mass is 19.4. The molecule has 7 heteroatoms. The third-order valence-electron chi connectivity index (χ3n) is 0.831. The van der Waals surface area contributed by atoms with Crippen LogP contribution in [0, 0.1) is 0 Å². The van der Waals surface area contributed by atoms with Crippen molar-refractivity contribution in [1.82, 2.24) is 15.2 Å². The maximum Gasteiger partial charge on any atom is 0.453 e. The first-order valence-electron chi connectivity index (χ1n) is 2.52. The van der Waals surface area contributed by atoms with E-state index in [1.165, 1.54) is 0 Å². The predicted molar refractivity (Wildman–Crippen MR) is 29.2 cm³/mol. The van der Waals surface area contributed by atoms with Gasteiger partial charge < -0.3 is 5.73 Å². The summed E-state index contributed by atoms with van der Waals surface area (Å²) in [6, 6.07) is 0. The summed E-state index contributed by atoms with van der Waals surface area (Å²) in [6.07, 6.45) is -3.64. The average molecular weight is 164 g/mol. The van der Waals surface area contributed by atoms with Crippen LogP contribution in [0.4, 0.5) is 19.0 Å². The maximum absolute atomic E-state index is 11.7. The van der Waals surface area contributed by atoms with Crippen LogP contribution in [-0.4, -0.2) is 15.2 Å². The summed E-state index contributed by atoms with van der Waals surface area (Å²) in [5, 5.41) is 5.74. The van der Waals surface area contributed by atoms with Gasteiger partial charge in [0, 0.05) is 0 Å². The van der Waals surface area contributed by atoms with Gasteiger partial charge in [-0.15, -0.1) is 5.10 Å². The normalized spacial score (nSPS) is 11.5. The summed E-state index contributed by atoms with van der Waals surface area (Å²) >= 11 is 0. The van der Waals surface area contributed by atoms with E-state index in [2.05, 4.69) is 15.2 Å². The van der Waals surface area contributed by atoms with Crippen LogP contribution in [-0.2, 0) is 6.18 Å². The van der Waals surface area contributed by atoms with Gasteiger partial charge in [0.1, 0.15) is 5.82 Å². The van der Waals surface area contributed by atoms with E-state index in [9.17, 15) is 13.2 Å². The first-order valence-corrected chi connectivity index (χ1v) is 2.52. The van der Waals surface area contributed by atoms with Crippen molar-refractivity contribution >= 4 is 5.82 Å². The summed E-state index contributed by atoms with van der Waals surface area (Å²) in [5.74, 6) is -1.62. The Morgan fingerprint density at radius 3 is 2.36 bits per heavy atom. The van der Waals surface area contributed by atoms with Crippen LogP contribution in [0.15, 0.2) is 6.20 Å². The van der Waals surface area contributed by atoms with Crippen molar-refractivity contribution < 1.29 is 13.2 Å². The lowest BCUT2D eigenvalue weighted by Gasteiger charge is -2.01. The van der Waals surface area contributed by atoms with Crippen LogP contribution in [0.25, 0.3) is 0 Å². The molecule has 0 aromatic carbocycles. The van der Waals surface area contributed by atoms with Crippen molar-refractivity contribution in [1.29, 1.82) is 0 Å². The number of nitrogen functional groups attached to an aromatic ring is 1. The van der Waals surface area contributed by atoms with Crippen molar-refractivity contribution in [3.63, 3.8) is 0 Å². The molecule has 0 aliphatic rings. The molecular formula is C4H3F3N4. The van der Waals surface area contributed by atoms with Crippen molar-refractivity contribution in [2.24, 2.45) is 0 Å². The fourth-order valence-corrected chi connectivity index (χ4v) is 0.436. The Hall–Kier alpha value is -1.40. The van der Waals surface area contributed by atoms with Crippen molar-refractivity contribution in [2.75, 3.05) is 5.73 Å². The minimum absolute atomic E-state index is 0.299. The van der Waals surface area contributed by atoms with E-state index in [1.807, 2.05) is 0 Å². The fraction of sp³-hybridized carbons (Fsp3) is 0.250. The topological polar surface area (TPSA) is 64.7 Å². The van der Waals surface area contributed by atoms with E-state index >= 15 is 0 Å². The smallest absolute Gasteiger partial charge is 0.382 e. The van der Waals surface area contributed by atoms with Gasteiger partial charge in [-0.3, -0.25) is 0 Å². The second kappa shape index (κ2) is 2.33. The average Bonchev–Trinajstić information content (AvgIpc) is 1.86. The van der Waals surface area contributed by atoms with Crippen LogP contribution < -0.4 is 5.73 Å². The molecule has 0 bridgehead atoms. The monoisotopic (exact) mass is 164 g/mol. The van der Waals surface area contributed by atoms with Gasteiger partial charge in [-0.05, 0) is 0 Å². The number of nitrogens with zero attached hydrogens (tertiary/aromatic N) is 3. The molecule has 0 aliphatic heterocycles. The van der Waals surface area contributed by atoms with Crippen LogP contribution >= 0.6 is 0 Å². The van der Waals surface area contributed by atoms with Crippen molar-refractivity contribution in [2.45, 2.75) is 6.18 Å². The zero-order valence-corrected chi connectivity index (χ0v) is 5.13. The number of hydrogen-bond acceptors (Lipinski definition) is 4. The van der Waals surface area contributed by atoms with Crippen molar-refractivity contribution in [3.05, 3.63) is 12.0 Å². The Labute approximate surface area is 59.3 Å². The molecule has 11 heavy (non-hydrogen) atoms. The van der Waals surface area contributed by atoms with E-state index in [1.54, 1.807) is 0 Å². The molecule has 0 unspecified atom stereocenters. The summed E-state index contributed by atoms with van der Waals surface area (Å²) in [7, 11) is 0. The summed E-state index contributed by atoms with van der Waals surface area (Å²) < 4.78 is 35.2. The Morgan fingerprint density at radius 1 is 1.36 bits per heavy atom. The van der Waals surface area contributed by atoms with Crippen LogP contribution in [0.2, 0.25) is 0 Å². The summed E-state index contributed by atoms with van der Waals surface area (Å²) in [4.78, 5) is 2.92. The molecule has 1 aromatic heterocycles. The molecule has 0 saturated carbocycles. The highest BCUT2D eigenvalue weighted by molar-refractivity contribution is 5.21. The maximum atomic E-state index is 11.7.